The first-order valence-corrected chi connectivity index (χ1v) is 8.84. The number of amides is 1. The molecule has 3 aromatic rings. The summed E-state index contributed by atoms with van der Waals surface area (Å²) in [6, 6.07) is 17.4. The highest BCUT2D eigenvalue weighted by Gasteiger charge is 2.22. The third kappa shape index (κ3) is 3.76. The number of ether oxygens (including phenoxy) is 2. The fourth-order valence-electron chi connectivity index (χ4n) is 2.92. The highest BCUT2D eigenvalue weighted by Crippen LogP contribution is 2.30. The Kier molecular flexibility index (Phi) is 4.74. The van der Waals surface area contributed by atoms with Crippen molar-refractivity contribution in [1.29, 1.82) is 0 Å². The maximum atomic E-state index is 12.4. The number of aromatic nitrogens is 3. The van der Waals surface area contributed by atoms with E-state index in [-0.39, 0.29) is 23.7 Å². The highest BCUT2D eigenvalue weighted by molar-refractivity contribution is 5.91. The van der Waals surface area contributed by atoms with Crippen LogP contribution in [-0.4, -0.2) is 40.2 Å². The largest absolute Gasteiger partial charge is 0.486 e. The van der Waals surface area contributed by atoms with Crippen molar-refractivity contribution in [2.24, 2.45) is 0 Å². The number of carbonyl (C=O) groups excluding carboxylic acids is 1. The van der Waals surface area contributed by atoms with Crippen LogP contribution >= 0.6 is 0 Å². The number of hydrogen-bond acceptors (Lipinski definition) is 5. The molecule has 0 saturated heterocycles. The molecule has 27 heavy (non-hydrogen) atoms. The van der Waals surface area contributed by atoms with Crippen LogP contribution < -0.4 is 14.8 Å². The van der Waals surface area contributed by atoms with Crippen molar-refractivity contribution in [2.75, 3.05) is 13.2 Å². The zero-order chi connectivity index (χ0) is 18.6. The molecule has 0 saturated carbocycles. The van der Waals surface area contributed by atoms with Crippen LogP contribution in [0.4, 0.5) is 0 Å². The SMILES string of the molecule is C[C@@H](c1ccccc1)n1cc(C(=O)NC[C@@H]2COc3ccccc3O2)nn1. The van der Waals surface area contributed by atoms with Gasteiger partial charge in [-0.2, -0.15) is 0 Å². The second-order valence-corrected chi connectivity index (χ2v) is 6.38. The van der Waals surface area contributed by atoms with Crippen molar-refractivity contribution in [3.05, 3.63) is 72.1 Å². The van der Waals surface area contributed by atoms with Crippen LogP contribution in [0.1, 0.15) is 29.0 Å². The average Bonchev–Trinajstić information content (AvgIpc) is 3.22. The summed E-state index contributed by atoms with van der Waals surface area (Å²) in [7, 11) is 0. The first-order chi connectivity index (χ1) is 13.2. The van der Waals surface area contributed by atoms with Gasteiger partial charge in [-0.3, -0.25) is 4.79 Å². The lowest BCUT2D eigenvalue weighted by molar-refractivity contribution is 0.0786. The molecule has 7 nitrogen and oxygen atoms in total. The van der Waals surface area contributed by atoms with Gasteiger partial charge in [-0.25, -0.2) is 4.68 Å². The van der Waals surface area contributed by atoms with Gasteiger partial charge < -0.3 is 14.8 Å². The fourth-order valence-corrected chi connectivity index (χ4v) is 2.92. The van der Waals surface area contributed by atoms with Gasteiger partial charge in [0.05, 0.1) is 18.8 Å². The molecule has 2 heterocycles. The first kappa shape index (κ1) is 17.1. The van der Waals surface area contributed by atoms with Crippen molar-refractivity contribution < 1.29 is 14.3 Å². The molecule has 0 bridgehead atoms. The monoisotopic (exact) mass is 364 g/mol. The predicted molar refractivity (Wildman–Crippen MR) is 99.0 cm³/mol. The number of nitrogens with one attached hydrogen (secondary N) is 1. The third-order valence-corrected chi connectivity index (χ3v) is 4.48. The van der Waals surface area contributed by atoms with Crippen molar-refractivity contribution in [2.45, 2.75) is 19.1 Å². The molecule has 1 aromatic heterocycles. The van der Waals surface area contributed by atoms with Gasteiger partial charge in [-0.1, -0.05) is 47.7 Å². The summed E-state index contributed by atoms with van der Waals surface area (Å²) in [6.45, 7) is 2.72. The summed E-state index contributed by atoms with van der Waals surface area (Å²) in [5.74, 6) is 1.12. The van der Waals surface area contributed by atoms with E-state index in [0.29, 0.717) is 18.9 Å². The van der Waals surface area contributed by atoms with Crippen LogP contribution in [0.5, 0.6) is 11.5 Å². The number of hydrogen-bond donors (Lipinski definition) is 1. The van der Waals surface area contributed by atoms with Crippen molar-refractivity contribution in [3.8, 4) is 11.5 Å². The predicted octanol–water partition coefficient (Wildman–Crippen LogP) is 2.46. The maximum Gasteiger partial charge on any atom is 0.273 e. The molecular formula is C20H20N4O3. The van der Waals surface area contributed by atoms with E-state index in [1.165, 1.54) is 0 Å². The summed E-state index contributed by atoms with van der Waals surface area (Å²) in [6.07, 6.45) is 1.41. The Bertz CT molecular complexity index is 926. The van der Waals surface area contributed by atoms with Gasteiger partial charge in [0, 0.05) is 0 Å². The van der Waals surface area contributed by atoms with Crippen molar-refractivity contribution in [1.82, 2.24) is 20.3 Å². The van der Waals surface area contributed by atoms with E-state index in [4.69, 9.17) is 9.47 Å². The Balaban J connectivity index is 1.35. The number of rotatable bonds is 5. The van der Waals surface area contributed by atoms with E-state index >= 15 is 0 Å². The Morgan fingerprint density at radius 1 is 1.19 bits per heavy atom. The lowest BCUT2D eigenvalue weighted by Crippen LogP contribution is -2.40. The van der Waals surface area contributed by atoms with Crippen LogP contribution in [0.2, 0.25) is 0 Å². The Hall–Kier alpha value is -3.35. The summed E-state index contributed by atoms with van der Waals surface area (Å²) >= 11 is 0. The molecule has 0 spiro atoms. The van der Waals surface area contributed by atoms with Crippen LogP contribution in [0.3, 0.4) is 0 Å². The van der Waals surface area contributed by atoms with E-state index < -0.39 is 0 Å². The second kappa shape index (κ2) is 7.49. The van der Waals surface area contributed by atoms with Crippen LogP contribution in [-0.2, 0) is 0 Å². The molecule has 0 fully saturated rings. The molecule has 2 aromatic carbocycles. The topological polar surface area (TPSA) is 78.3 Å². The highest BCUT2D eigenvalue weighted by atomic mass is 16.6. The van der Waals surface area contributed by atoms with E-state index in [1.807, 2.05) is 61.5 Å². The van der Waals surface area contributed by atoms with Gasteiger partial charge in [-0.15, -0.1) is 5.10 Å². The molecule has 7 heteroatoms. The van der Waals surface area contributed by atoms with Gasteiger partial charge in [0.2, 0.25) is 0 Å². The first-order valence-electron chi connectivity index (χ1n) is 8.84. The van der Waals surface area contributed by atoms with Gasteiger partial charge in [-0.05, 0) is 24.6 Å². The summed E-state index contributed by atoms with van der Waals surface area (Å²) in [5.41, 5.74) is 1.37. The molecule has 4 rings (SSSR count). The third-order valence-electron chi connectivity index (χ3n) is 4.48. The second-order valence-electron chi connectivity index (χ2n) is 6.38. The minimum absolute atomic E-state index is 0.00757. The van der Waals surface area contributed by atoms with Crippen molar-refractivity contribution >= 4 is 5.91 Å². The molecule has 138 valence electrons. The summed E-state index contributed by atoms with van der Waals surface area (Å²) in [4.78, 5) is 12.4. The molecule has 1 amide bonds. The van der Waals surface area contributed by atoms with E-state index in [2.05, 4.69) is 15.6 Å². The average molecular weight is 364 g/mol. The van der Waals surface area contributed by atoms with Crippen molar-refractivity contribution in [3.63, 3.8) is 0 Å². The number of fused-ring (bicyclic) bond motifs is 1. The minimum Gasteiger partial charge on any atom is -0.486 e. The number of carbonyl (C=O) groups is 1. The minimum atomic E-state index is -0.288. The maximum absolute atomic E-state index is 12.4. The number of benzene rings is 2. The van der Waals surface area contributed by atoms with Crippen LogP contribution in [0.25, 0.3) is 0 Å². The van der Waals surface area contributed by atoms with Gasteiger partial charge in [0.25, 0.3) is 5.91 Å². The molecule has 1 N–H and O–H groups in total. The standard InChI is InChI=1S/C20H20N4O3/c1-14(15-7-3-2-4-8-15)24-12-17(22-23-24)20(25)21-11-16-13-26-18-9-5-6-10-19(18)27-16/h2-10,12,14,16H,11,13H2,1H3,(H,21,25)/t14-,16+/m0/s1. The lowest BCUT2D eigenvalue weighted by Gasteiger charge is -2.26. The molecule has 0 aliphatic carbocycles. The van der Waals surface area contributed by atoms with Crippen LogP contribution in [0, 0.1) is 0 Å². The molecule has 1 aliphatic heterocycles. The molecule has 0 unspecified atom stereocenters. The normalized spacial score (nSPS) is 16.6. The zero-order valence-electron chi connectivity index (χ0n) is 14.9. The Morgan fingerprint density at radius 2 is 1.93 bits per heavy atom. The van der Waals surface area contributed by atoms with Crippen LogP contribution in [0.15, 0.2) is 60.8 Å². The number of nitrogens with zero attached hydrogens (tertiary/aromatic N) is 3. The van der Waals surface area contributed by atoms with E-state index in [1.54, 1.807) is 10.9 Å². The molecule has 1 aliphatic rings. The smallest absolute Gasteiger partial charge is 0.273 e. The van der Waals surface area contributed by atoms with E-state index in [0.717, 1.165) is 11.3 Å². The fraction of sp³-hybridized carbons (Fsp3) is 0.250. The summed E-state index contributed by atoms with van der Waals surface area (Å²) < 4.78 is 13.2. The number of para-hydroxylation sites is 2. The quantitative estimate of drug-likeness (QED) is 0.752. The van der Waals surface area contributed by atoms with Gasteiger partial charge in [0.1, 0.15) is 12.7 Å². The molecule has 2 atom stereocenters. The molecule has 0 radical (unpaired) electrons. The van der Waals surface area contributed by atoms with Gasteiger partial charge in [0.15, 0.2) is 17.2 Å². The summed E-state index contributed by atoms with van der Waals surface area (Å²) in [5, 5.41) is 10.9. The van der Waals surface area contributed by atoms with E-state index in [9.17, 15) is 4.79 Å². The Morgan fingerprint density at radius 3 is 2.74 bits per heavy atom. The van der Waals surface area contributed by atoms with Gasteiger partial charge >= 0.3 is 0 Å². The Labute approximate surface area is 156 Å². The zero-order valence-corrected chi connectivity index (χ0v) is 14.9. The lowest BCUT2D eigenvalue weighted by atomic mass is 10.1. The molecular weight excluding hydrogens is 344 g/mol.